The highest BCUT2D eigenvalue weighted by molar-refractivity contribution is 5.83. The van der Waals surface area contributed by atoms with Crippen molar-refractivity contribution in [3.8, 4) is 0 Å². The summed E-state index contributed by atoms with van der Waals surface area (Å²) in [5.74, 6) is -0.938. The molecule has 0 aliphatic heterocycles. The Morgan fingerprint density at radius 1 is 1.58 bits per heavy atom. The molecule has 1 N–H and O–H groups in total. The minimum absolute atomic E-state index is 0.285. The van der Waals surface area contributed by atoms with E-state index in [1.165, 1.54) is 0 Å². The molecule has 0 heterocycles. The molecule has 1 amide bonds. The summed E-state index contributed by atoms with van der Waals surface area (Å²) in [5, 5.41) is 0. The molecule has 0 fully saturated rings. The van der Waals surface area contributed by atoms with Crippen LogP contribution in [0.5, 0.6) is 0 Å². The van der Waals surface area contributed by atoms with Gasteiger partial charge < -0.3 is 4.84 Å². The van der Waals surface area contributed by atoms with Gasteiger partial charge in [-0.25, -0.2) is 4.79 Å². The molecule has 0 aromatic carbocycles. The highest BCUT2D eigenvalue weighted by Gasteiger charge is 2.01. The van der Waals surface area contributed by atoms with Crippen molar-refractivity contribution < 1.29 is 14.4 Å². The highest BCUT2D eigenvalue weighted by atomic mass is 16.7. The van der Waals surface area contributed by atoms with Crippen LogP contribution in [0.4, 0.5) is 0 Å². The number of amides is 1. The molecule has 0 aromatic rings. The number of hydrogen-bond donors (Lipinski definition) is 1. The normalized spacial score (nSPS) is 8.75. The Balaban J connectivity index is 3.43. The quantitative estimate of drug-likeness (QED) is 0.506. The molecule has 0 saturated carbocycles. The molecule has 0 aliphatic carbocycles. The average molecular weight is 171 g/mol. The van der Waals surface area contributed by atoms with E-state index in [-0.39, 0.29) is 5.91 Å². The number of unbranched alkanes of at least 4 members (excludes halogenated alkanes) is 1. The van der Waals surface area contributed by atoms with E-state index in [1.807, 2.05) is 12.4 Å². The van der Waals surface area contributed by atoms with Crippen LogP contribution >= 0.6 is 0 Å². The Morgan fingerprint density at radius 2 is 2.25 bits per heavy atom. The van der Waals surface area contributed by atoms with Gasteiger partial charge in [0.1, 0.15) is 0 Å². The van der Waals surface area contributed by atoms with Crippen LogP contribution in [0.2, 0.25) is 0 Å². The third-order valence-electron chi connectivity index (χ3n) is 1.19. The Morgan fingerprint density at radius 3 is 2.75 bits per heavy atom. The zero-order valence-corrected chi connectivity index (χ0v) is 7.13. The van der Waals surface area contributed by atoms with Gasteiger partial charge in [0.2, 0.25) is 0 Å². The van der Waals surface area contributed by atoms with E-state index in [1.54, 1.807) is 0 Å². The second-order valence-electron chi connectivity index (χ2n) is 2.25. The van der Waals surface area contributed by atoms with Crippen molar-refractivity contribution in [2.75, 3.05) is 0 Å². The van der Waals surface area contributed by atoms with Gasteiger partial charge >= 0.3 is 5.97 Å². The maximum Gasteiger partial charge on any atom is 0.355 e. The second kappa shape index (κ2) is 6.39. The maximum absolute atomic E-state index is 10.8. The number of nitrogens with one attached hydrogen (secondary N) is 1. The van der Waals surface area contributed by atoms with Crippen molar-refractivity contribution in [2.45, 2.75) is 26.2 Å². The molecular formula is C8H13NO3. The van der Waals surface area contributed by atoms with E-state index in [2.05, 4.69) is 11.4 Å². The van der Waals surface area contributed by atoms with Crippen molar-refractivity contribution in [1.82, 2.24) is 5.48 Å². The maximum atomic E-state index is 10.8. The van der Waals surface area contributed by atoms with Crippen LogP contribution in [-0.2, 0) is 14.4 Å². The first kappa shape index (κ1) is 10.7. The topological polar surface area (TPSA) is 55.4 Å². The second-order valence-corrected chi connectivity index (χ2v) is 2.25. The number of hydrogen-bond acceptors (Lipinski definition) is 3. The van der Waals surface area contributed by atoms with Gasteiger partial charge in [0.25, 0.3) is 5.91 Å². The van der Waals surface area contributed by atoms with E-state index in [0.717, 1.165) is 18.9 Å². The molecule has 4 heteroatoms. The van der Waals surface area contributed by atoms with Crippen molar-refractivity contribution in [3.63, 3.8) is 0 Å². The van der Waals surface area contributed by atoms with E-state index >= 15 is 0 Å². The number of hydroxylamine groups is 1. The minimum Gasteiger partial charge on any atom is -0.336 e. The minimum atomic E-state index is -0.653. The number of carbonyl (C=O) groups is 2. The number of carbonyl (C=O) groups excluding carboxylic acids is 2. The van der Waals surface area contributed by atoms with Gasteiger partial charge in [0.15, 0.2) is 0 Å². The summed E-state index contributed by atoms with van der Waals surface area (Å²) < 4.78 is 0. The Kier molecular flexibility index (Phi) is 5.69. The molecule has 0 unspecified atom stereocenters. The first-order valence-electron chi connectivity index (χ1n) is 3.82. The lowest BCUT2D eigenvalue weighted by Gasteiger charge is -2.01. The summed E-state index contributed by atoms with van der Waals surface area (Å²) in [6.45, 7) is 5.15. The lowest BCUT2D eigenvalue weighted by molar-refractivity contribution is -0.153. The van der Waals surface area contributed by atoms with Gasteiger partial charge in [0, 0.05) is 12.5 Å². The summed E-state index contributed by atoms with van der Waals surface area (Å²) >= 11 is 0. The van der Waals surface area contributed by atoms with Crippen LogP contribution in [-0.4, -0.2) is 11.9 Å². The molecule has 68 valence electrons. The molecular weight excluding hydrogens is 158 g/mol. The SMILES string of the molecule is C=CC(=O)ONC(=O)CCCC. The smallest absolute Gasteiger partial charge is 0.336 e. The first-order valence-corrected chi connectivity index (χ1v) is 3.82. The molecule has 0 bridgehead atoms. The van der Waals surface area contributed by atoms with Crippen molar-refractivity contribution >= 4 is 11.9 Å². The molecule has 0 saturated heterocycles. The summed E-state index contributed by atoms with van der Waals surface area (Å²) in [5.41, 5.74) is 2.01. The van der Waals surface area contributed by atoms with Gasteiger partial charge in [-0.1, -0.05) is 19.9 Å². The van der Waals surface area contributed by atoms with Crippen LogP contribution in [0, 0.1) is 0 Å². The van der Waals surface area contributed by atoms with Gasteiger partial charge in [-0.15, -0.1) is 0 Å². The van der Waals surface area contributed by atoms with Crippen molar-refractivity contribution in [2.24, 2.45) is 0 Å². The van der Waals surface area contributed by atoms with Crippen LogP contribution in [0.1, 0.15) is 26.2 Å². The van der Waals surface area contributed by atoms with Crippen LogP contribution in [0.3, 0.4) is 0 Å². The molecule has 12 heavy (non-hydrogen) atoms. The lowest BCUT2D eigenvalue weighted by Crippen LogP contribution is -2.25. The predicted molar refractivity (Wildman–Crippen MR) is 44.0 cm³/mol. The highest BCUT2D eigenvalue weighted by Crippen LogP contribution is 1.92. The van der Waals surface area contributed by atoms with E-state index < -0.39 is 5.97 Å². The average Bonchev–Trinajstić information content (AvgIpc) is 2.10. The fourth-order valence-corrected chi connectivity index (χ4v) is 0.537. The van der Waals surface area contributed by atoms with E-state index in [9.17, 15) is 9.59 Å². The first-order chi connectivity index (χ1) is 5.70. The van der Waals surface area contributed by atoms with Crippen molar-refractivity contribution in [3.05, 3.63) is 12.7 Å². The summed E-state index contributed by atoms with van der Waals surface area (Å²) in [6, 6.07) is 0. The standard InChI is InChI=1S/C8H13NO3/c1-3-5-6-7(10)9-12-8(11)4-2/h4H,2-3,5-6H2,1H3,(H,9,10). The Hall–Kier alpha value is -1.32. The Labute approximate surface area is 71.5 Å². The predicted octanol–water partition coefficient (Wildman–Crippen LogP) is 0.937. The largest absolute Gasteiger partial charge is 0.355 e. The van der Waals surface area contributed by atoms with E-state index in [4.69, 9.17) is 0 Å². The molecule has 0 spiro atoms. The molecule has 0 aromatic heterocycles. The molecule has 0 atom stereocenters. The van der Waals surface area contributed by atoms with Crippen LogP contribution in [0.15, 0.2) is 12.7 Å². The van der Waals surface area contributed by atoms with Gasteiger partial charge in [0.05, 0.1) is 0 Å². The zero-order chi connectivity index (χ0) is 9.40. The molecule has 0 aliphatic rings. The third kappa shape index (κ3) is 5.46. The van der Waals surface area contributed by atoms with Crippen LogP contribution in [0.25, 0.3) is 0 Å². The number of rotatable bonds is 4. The molecule has 0 rings (SSSR count). The van der Waals surface area contributed by atoms with Gasteiger partial charge in [-0.3, -0.25) is 4.79 Å². The zero-order valence-electron chi connectivity index (χ0n) is 7.13. The lowest BCUT2D eigenvalue weighted by atomic mass is 10.2. The Bertz CT molecular complexity index is 177. The third-order valence-corrected chi connectivity index (χ3v) is 1.19. The molecule has 0 radical (unpaired) electrons. The van der Waals surface area contributed by atoms with Crippen molar-refractivity contribution in [1.29, 1.82) is 0 Å². The van der Waals surface area contributed by atoms with Crippen LogP contribution < -0.4 is 5.48 Å². The van der Waals surface area contributed by atoms with E-state index in [0.29, 0.717) is 6.42 Å². The van der Waals surface area contributed by atoms with Gasteiger partial charge in [-0.05, 0) is 6.42 Å². The summed E-state index contributed by atoms with van der Waals surface area (Å²) in [4.78, 5) is 25.5. The summed E-state index contributed by atoms with van der Waals surface area (Å²) in [7, 11) is 0. The molecule has 4 nitrogen and oxygen atoms in total. The fraction of sp³-hybridized carbons (Fsp3) is 0.500. The fourth-order valence-electron chi connectivity index (χ4n) is 0.537. The van der Waals surface area contributed by atoms with Gasteiger partial charge in [-0.2, -0.15) is 5.48 Å². The monoisotopic (exact) mass is 171 g/mol. The summed E-state index contributed by atoms with van der Waals surface area (Å²) in [6.07, 6.45) is 3.08.